The van der Waals surface area contributed by atoms with Crippen LogP contribution in [0.2, 0.25) is 0 Å². The predicted octanol–water partition coefficient (Wildman–Crippen LogP) is 4.47. The number of guanidine groups is 1. The second-order valence-corrected chi connectivity index (χ2v) is 6.89. The van der Waals surface area contributed by atoms with Crippen LogP contribution in [0, 0.1) is 0 Å². The molecule has 148 valence electrons. The third kappa shape index (κ3) is 7.03. The second kappa shape index (κ2) is 11.1. The summed E-state index contributed by atoms with van der Waals surface area (Å²) < 4.78 is 5.33. The molecule has 3 N–H and O–H groups in total. The zero-order valence-corrected chi connectivity index (χ0v) is 19.1. The first kappa shape index (κ1) is 23.2. The molecule has 0 fully saturated rings. The Bertz CT molecular complexity index is 746. The lowest BCUT2D eigenvalue weighted by atomic mass is 10.0. The lowest BCUT2D eigenvalue weighted by Crippen LogP contribution is -2.27. The zero-order valence-electron chi connectivity index (χ0n) is 16.8. The molecule has 0 bridgehead atoms. The Morgan fingerprint density at radius 2 is 1.78 bits per heavy atom. The molecule has 2 rings (SSSR count). The van der Waals surface area contributed by atoms with Crippen LogP contribution in [0.4, 0.5) is 5.69 Å². The Morgan fingerprint density at radius 3 is 2.41 bits per heavy atom. The third-order valence-electron chi connectivity index (χ3n) is 4.36. The monoisotopic (exact) mass is 482 g/mol. The minimum Gasteiger partial charge on any atom is -0.497 e. The van der Waals surface area contributed by atoms with Crippen molar-refractivity contribution in [3.05, 3.63) is 59.7 Å². The maximum Gasteiger partial charge on any atom is 0.193 e. The number of hydrogen-bond acceptors (Lipinski definition) is 3. The number of nitrogens with two attached hydrogens (primary N) is 1. The Balaban J connectivity index is 0.00000364. The van der Waals surface area contributed by atoms with Crippen molar-refractivity contribution in [1.29, 1.82) is 0 Å². The van der Waals surface area contributed by atoms with Gasteiger partial charge in [-0.1, -0.05) is 38.1 Å². The van der Waals surface area contributed by atoms with E-state index in [1.54, 1.807) is 7.11 Å². The van der Waals surface area contributed by atoms with Crippen molar-refractivity contribution in [3.63, 3.8) is 0 Å². The average Bonchev–Trinajstić information content (AvgIpc) is 2.62. The Kier molecular flexibility index (Phi) is 9.59. The molecule has 0 aromatic heterocycles. The number of ether oxygens (including phenoxy) is 1. The average molecular weight is 482 g/mol. The van der Waals surface area contributed by atoms with Gasteiger partial charge < -0.3 is 20.7 Å². The van der Waals surface area contributed by atoms with Crippen LogP contribution in [-0.2, 0) is 0 Å². The smallest absolute Gasteiger partial charge is 0.193 e. The molecule has 0 heterocycles. The Morgan fingerprint density at radius 1 is 1.11 bits per heavy atom. The molecule has 0 aliphatic carbocycles. The van der Waals surface area contributed by atoms with Crippen molar-refractivity contribution in [1.82, 2.24) is 4.90 Å². The van der Waals surface area contributed by atoms with Crippen molar-refractivity contribution in [2.75, 3.05) is 33.1 Å². The first-order valence-corrected chi connectivity index (χ1v) is 8.88. The molecule has 0 saturated heterocycles. The van der Waals surface area contributed by atoms with Crippen molar-refractivity contribution in [2.24, 2.45) is 10.7 Å². The lowest BCUT2D eigenvalue weighted by molar-refractivity contribution is 0.305. The van der Waals surface area contributed by atoms with Crippen LogP contribution in [0.5, 0.6) is 5.75 Å². The largest absolute Gasteiger partial charge is 0.497 e. The molecular weight excluding hydrogens is 451 g/mol. The van der Waals surface area contributed by atoms with Gasteiger partial charge in [0, 0.05) is 5.69 Å². The number of hydrogen-bond donors (Lipinski definition) is 2. The van der Waals surface area contributed by atoms with Gasteiger partial charge in [0.05, 0.1) is 19.7 Å². The standard InChI is InChI=1S/C21H30N4O.HI/c1-15(2)16-8-6-10-18(12-16)24-21(22)23-14-20(25(3)4)17-9-7-11-19(13-17)26-5;/h6-13,15,20H,14H2,1-5H3,(H3,22,23,24);1H. The molecule has 0 amide bonds. The molecule has 2 aromatic carbocycles. The number of rotatable bonds is 7. The van der Waals surface area contributed by atoms with E-state index in [4.69, 9.17) is 10.5 Å². The van der Waals surface area contributed by atoms with E-state index in [1.807, 2.05) is 44.4 Å². The maximum atomic E-state index is 6.11. The van der Waals surface area contributed by atoms with Gasteiger partial charge in [-0.15, -0.1) is 24.0 Å². The number of halogens is 1. The molecule has 5 nitrogen and oxygen atoms in total. The molecule has 0 aliphatic rings. The van der Waals surface area contributed by atoms with Gasteiger partial charge in [0.15, 0.2) is 5.96 Å². The summed E-state index contributed by atoms with van der Waals surface area (Å²) in [5.41, 5.74) is 9.48. The third-order valence-corrected chi connectivity index (χ3v) is 4.36. The summed E-state index contributed by atoms with van der Waals surface area (Å²) in [4.78, 5) is 6.68. The number of aliphatic imine (C=N–C) groups is 1. The fourth-order valence-electron chi connectivity index (χ4n) is 2.76. The van der Waals surface area contributed by atoms with E-state index >= 15 is 0 Å². The first-order valence-electron chi connectivity index (χ1n) is 8.88. The SMILES string of the molecule is COc1cccc(C(CN=C(N)Nc2cccc(C(C)C)c2)N(C)C)c1.I. The summed E-state index contributed by atoms with van der Waals surface area (Å²) in [7, 11) is 5.75. The zero-order chi connectivity index (χ0) is 19.1. The van der Waals surface area contributed by atoms with E-state index < -0.39 is 0 Å². The van der Waals surface area contributed by atoms with Gasteiger partial charge in [-0.25, -0.2) is 0 Å². The van der Waals surface area contributed by atoms with E-state index in [0.717, 1.165) is 17.0 Å². The second-order valence-electron chi connectivity index (χ2n) is 6.89. The minimum absolute atomic E-state index is 0. The summed E-state index contributed by atoms with van der Waals surface area (Å²) in [6, 6.07) is 16.4. The molecule has 0 radical (unpaired) electrons. The molecule has 0 aliphatic heterocycles. The van der Waals surface area contributed by atoms with Crippen molar-refractivity contribution < 1.29 is 4.74 Å². The number of likely N-dealkylation sites (N-methyl/N-ethyl adjacent to an activating group) is 1. The van der Waals surface area contributed by atoms with Crippen LogP contribution in [0.25, 0.3) is 0 Å². The van der Waals surface area contributed by atoms with Crippen molar-refractivity contribution in [3.8, 4) is 5.75 Å². The Labute approximate surface area is 180 Å². The molecule has 0 spiro atoms. The van der Waals surface area contributed by atoms with Crippen LogP contribution >= 0.6 is 24.0 Å². The van der Waals surface area contributed by atoms with E-state index in [0.29, 0.717) is 18.4 Å². The normalized spacial score (nSPS) is 12.6. The lowest BCUT2D eigenvalue weighted by Gasteiger charge is -2.23. The highest BCUT2D eigenvalue weighted by atomic mass is 127. The highest BCUT2D eigenvalue weighted by Crippen LogP contribution is 2.23. The van der Waals surface area contributed by atoms with E-state index in [-0.39, 0.29) is 30.0 Å². The summed E-state index contributed by atoms with van der Waals surface area (Å²) >= 11 is 0. The molecule has 2 aromatic rings. The van der Waals surface area contributed by atoms with Crippen LogP contribution in [-0.4, -0.2) is 38.6 Å². The molecule has 1 unspecified atom stereocenters. The van der Waals surface area contributed by atoms with Gasteiger partial charge in [-0.05, 0) is 55.4 Å². The van der Waals surface area contributed by atoms with Gasteiger partial charge in [0.25, 0.3) is 0 Å². The topological polar surface area (TPSA) is 62.9 Å². The number of nitrogens with one attached hydrogen (secondary N) is 1. The first-order chi connectivity index (χ1) is 12.4. The molecule has 0 saturated carbocycles. The van der Waals surface area contributed by atoms with Crippen molar-refractivity contribution >= 4 is 35.6 Å². The van der Waals surface area contributed by atoms with Gasteiger partial charge in [0.1, 0.15) is 5.75 Å². The number of anilines is 1. The number of benzene rings is 2. The van der Waals surface area contributed by atoms with Gasteiger partial charge in [-0.3, -0.25) is 4.99 Å². The highest BCUT2D eigenvalue weighted by Gasteiger charge is 2.14. The van der Waals surface area contributed by atoms with Crippen LogP contribution < -0.4 is 15.8 Å². The fraction of sp³-hybridized carbons (Fsp3) is 0.381. The molecule has 6 heteroatoms. The fourth-order valence-corrected chi connectivity index (χ4v) is 2.76. The van der Waals surface area contributed by atoms with Gasteiger partial charge in [0.2, 0.25) is 0 Å². The van der Waals surface area contributed by atoms with Crippen LogP contribution in [0.1, 0.15) is 36.9 Å². The van der Waals surface area contributed by atoms with E-state index in [9.17, 15) is 0 Å². The van der Waals surface area contributed by atoms with Gasteiger partial charge >= 0.3 is 0 Å². The Hall–Kier alpha value is -1.80. The van der Waals surface area contributed by atoms with Crippen molar-refractivity contribution in [2.45, 2.75) is 25.8 Å². The maximum absolute atomic E-state index is 6.11. The molecular formula is C21H31IN4O. The summed E-state index contributed by atoms with van der Waals surface area (Å²) in [6.45, 7) is 4.90. The summed E-state index contributed by atoms with van der Waals surface area (Å²) in [5, 5.41) is 3.19. The van der Waals surface area contributed by atoms with E-state index in [1.165, 1.54) is 5.56 Å². The molecule has 1 atom stereocenters. The predicted molar refractivity (Wildman–Crippen MR) is 125 cm³/mol. The van der Waals surface area contributed by atoms with Gasteiger partial charge in [-0.2, -0.15) is 0 Å². The van der Waals surface area contributed by atoms with E-state index in [2.05, 4.69) is 47.3 Å². The molecule has 27 heavy (non-hydrogen) atoms. The number of nitrogens with zero attached hydrogens (tertiary/aromatic N) is 2. The quantitative estimate of drug-likeness (QED) is 0.348. The van der Waals surface area contributed by atoms with Crippen LogP contribution in [0.3, 0.4) is 0 Å². The minimum atomic E-state index is 0. The van der Waals surface area contributed by atoms with Crippen LogP contribution in [0.15, 0.2) is 53.5 Å². The summed E-state index contributed by atoms with van der Waals surface area (Å²) in [5.74, 6) is 1.73. The highest BCUT2D eigenvalue weighted by molar-refractivity contribution is 14.0. The summed E-state index contributed by atoms with van der Waals surface area (Å²) in [6.07, 6.45) is 0. The number of methoxy groups -OCH3 is 1.